The first kappa shape index (κ1) is 18.1. The van der Waals surface area contributed by atoms with Crippen LogP contribution in [0.15, 0.2) is 0 Å². The second-order valence-electron chi connectivity index (χ2n) is 4.52. The van der Waals surface area contributed by atoms with Crippen LogP contribution in [0, 0.1) is 5.41 Å². The highest BCUT2D eigenvalue weighted by atomic mass is 16.5. The molecule has 0 aliphatic rings. The van der Waals surface area contributed by atoms with Crippen molar-refractivity contribution in [3.05, 3.63) is 0 Å². The molecular formula is C14H27NO4. The molecule has 1 amide bonds. The Morgan fingerprint density at radius 1 is 1.05 bits per heavy atom. The van der Waals surface area contributed by atoms with Crippen molar-refractivity contribution in [3.63, 3.8) is 0 Å². The Morgan fingerprint density at radius 3 is 1.95 bits per heavy atom. The summed E-state index contributed by atoms with van der Waals surface area (Å²) in [6.07, 6.45) is 1.88. The third-order valence-corrected chi connectivity index (χ3v) is 3.03. The average molecular weight is 273 g/mol. The van der Waals surface area contributed by atoms with Crippen LogP contribution in [0.1, 0.15) is 40.5 Å². The molecule has 112 valence electrons. The molecule has 19 heavy (non-hydrogen) atoms. The minimum absolute atomic E-state index is 0.0663. The van der Waals surface area contributed by atoms with Crippen molar-refractivity contribution >= 4 is 11.7 Å². The maximum absolute atomic E-state index is 12.3. The SMILES string of the molecule is CCCCNC(=O)C(COCC)(COCC)C(C)=O. The largest absolute Gasteiger partial charge is 0.380 e. The van der Waals surface area contributed by atoms with Crippen LogP contribution < -0.4 is 5.32 Å². The Morgan fingerprint density at radius 2 is 1.58 bits per heavy atom. The lowest BCUT2D eigenvalue weighted by Gasteiger charge is -2.29. The molecule has 0 atom stereocenters. The number of ketones is 1. The van der Waals surface area contributed by atoms with Gasteiger partial charge in [0.15, 0.2) is 5.41 Å². The van der Waals surface area contributed by atoms with Crippen LogP contribution in [-0.2, 0) is 19.1 Å². The van der Waals surface area contributed by atoms with Gasteiger partial charge in [0, 0.05) is 19.8 Å². The summed E-state index contributed by atoms with van der Waals surface area (Å²) in [6, 6.07) is 0. The minimum Gasteiger partial charge on any atom is -0.380 e. The molecule has 0 aliphatic carbocycles. The van der Waals surface area contributed by atoms with E-state index in [9.17, 15) is 9.59 Å². The second-order valence-corrected chi connectivity index (χ2v) is 4.52. The average Bonchev–Trinajstić information content (AvgIpc) is 2.39. The number of carbonyl (C=O) groups is 2. The predicted molar refractivity (Wildman–Crippen MR) is 74.0 cm³/mol. The quantitative estimate of drug-likeness (QED) is 0.458. The Bertz CT molecular complexity index is 271. The molecule has 0 saturated heterocycles. The van der Waals surface area contributed by atoms with Gasteiger partial charge in [0.05, 0.1) is 13.2 Å². The Balaban J connectivity index is 4.85. The van der Waals surface area contributed by atoms with Crippen LogP contribution in [0.5, 0.6) is 0 Å². The smallest absolute Gasteiger partial charge is 0.238 e. The summed E-state index contributed by atoms with van der Waals surface area (Å²) in [5.74, 6) is -0.515. The zero-order valence-electron chi connectivity index (χ0n) is 12.6. The number of amides is 1. The van der Waals surface area contributed by atoms with Gasteiger partial charge in [0.1, 0.15) is 5.78 Å². The summed E-state index contributed by atoms with van der Waals surface area (Å²) in [5.41, 5.74) is -1.22. The van der Waals surface area contributed by atoms with Crippen molar-refractivity contribution in [1.29, 1.82) is 0 Å². The third-order valence-electron chi connectivity index (χ3n) is 3.03. The highest BCUT2D eigenvalue weighted by Crippen LogP contribution is 2.21. The van der Waals surface area contributed by atoms with Crippen LogP contribution in [0.3, 0.4) is 0 Å². The predicted octanol–water partition coefficient (Wildman–Crippen LogP) is 1.55. The number of ether oxygens (including phenoxy) is 2. The summed E-state index contributed by atoms with van der Waals surface area (Å²) in [5, 5.41) is 2.80. The summed E-state index contributed by atoms with van der Waals surface area (Å²) in [6.45, 7) is 8.76. The highest BCUT2D eigenvalue weighted by Gasteiger charge is 2.43. The van der Waals surface area contributed by atoms with Crippen molar-refractivity contribution in [2.45, 2.75) is 40.5 Å². The monoisotopic (exact) mass is 273 g/mol. The molecule has 0 spiro atoms. The molecule has 0 aromatic heterocycles. The molecule has 0 bridgehead atoms. The van der Waals surface area contributed by atoms with Gasteiger partial charge in [-0.05, 0) is 27.2 Å². The fraction of sp³-hybridized carbons (Fsp3) is 0.857. The summed E-state index contributed by atoms with van der Waals surface area (Å²) in [4.78, 5) is 24.2. The Labute approximate surface area is 116 Å². The van der Waals surface area contributed by atoms with Gasteiger partial charge in [-0.2, -0.15) is 0 Å². The number of nitrogens with one attached hydrogen (secondary N) is 1. The summed E-state index contributed by atoms with van der Waals surface area (Å²) < 4.78 is 10.6. The van der Waals surface area contributed by atoms with Crippen molar-refractivity contribution < 1.29 is 19.1 Å². The van der Waals surface area contributed by atoms with Crippen molar-refractivity contribution in [1.82, 2.24) is 5.32 Å². The van der Waals surface area contributed by atoms with Crippen molar-refractivity contribution in [2.24, 2.45) is 5.41 Å². The Kier molecular flexibility index (Phi) is 9.43. The lowest BCUT2D eigenvalue weighted by Crippen LogP contribution is -2.52. The molecule has 0 saturated carbocycles. The van der Waals surface area contributed by atoms with Gasteiger partial charge >= 0.3 is 0 Å². The fourth-order valence-corrected chi connectivity index (χ4v) is 1.64. The first-order chi connectivity index (χ1) is 9.05. The third kappa shape index (κ3) is 5.70. The van der Waals surface area contributed by atoms with Crippen LogP contribution >= 0.6 is 0 Å². The van der Waals surface area contributed by atoms with Gasteiger partial charge in [-0.15, -0.1) is 0 Å². The van der Waals surface area contributed by atoms with Gasteiger partial charge in [-0.1, -0.05) is 13.3 Å². The standard InChI is InChI=1S/C14H27NO4/c1-5-8-9-15-13(17)14(12(4)16,10-18-6-2)11-19-7-3/h5-11H2,1-4H3,(H,15,17). The molecule has 0 fully saturated rings. The van der Waals surface area contributed by atoms with Crippen LogP contribution in [0.25, 0.3) is 0 Å². The number of hydrogen-bond donors (Lipinski definition) is 1. The second kappa shape index (κ2) is 9.92. The van der Waals surface area contributed by atoms with Gasteiger partial charge in [0.25, 0.3) is 0 Å². The molecule has 0 rings (SSSR count). The molecule has 5 heteroatoms. The van der Waals surface area contributed by atoms with Gasteiger partial charge in [-0.25, -0.2) is 0 Å². The first-order valence-electron chi connectivity index (χ1n) is 6.99. The number of hydrogen-bond acceptors (Lipinski definition) is 4. The van der Waals surface area contributed by atoms with Crippen LogP contribution in [0.4, 0.5) is 0 Å². The number of rotatable bonds is 11. The fourth-order valence-electron chi connectivity index (χ4n) is 1.64. The van der Waals surface area contributed by atoms with E-state index in [1.165, 1.54) is 6.92 Å². The zero-order valence-corrected chi connectivity index (χ0v) is 12.6. The van der Waals surface area contributed by atoms with E-state index in [-0.39, 0.29) is 24.9 Å². The molecular weight excluding hydrogens is 246 g/mol. The number of Topliss-reactive ketones (excluding diaryl/α,β-unsaturated/α-hetero) is 1. The van der Waals surface area contributed by atoms with Crippen LogP contribution in [0.2, 0.25) is 0 Å². The summed E-state index contributed by atoms with van der Waals surface area (Å²) >= 11 is 0. The zero-order chi connectivity index (χ0) is 14.7. The van der Waals surface area contributed by atoms with Gasteiger partial charge in [-0.3, -0.25) is 9.59 Å². The van der Waals surface area contributed by atoms with E-state index in [0.717, 1.165) is 12.8 Å². The molecule has 0 heterocycles. The first-order valence-corrected chi connectivity index (χ1v) is 6.99. The summed E-state index contributed by atoms with van der Waals surface area (Å²) in [7, 11) is 0. The van der Waals surface area contributed by atoms with Crippen LogP contribution in [-0.4, -0.2) is 44.7 Å². The topological polar surface area (TPSA) is 64.6 Å². The van der Waals surface area contributed by atoms with Crippen molar-refractivity contribution in [3.8, 4) is 0 Å². The Hall–Kier alpha value is -0.940. The maximum Gasteiger partial charge on any atom is 0.238 e. The molecule has 1 N–H and O–H groups in total. The number of unbranched alkanes of at least 4 members (excludes halogenated alkanes) is 1. The lowest BCUT2D eigenvalue weighted by atomic mass is 9.84. The van der Waals surface area contributed by atoms with E-state index in [0.29, 0.717) is 19.8 Å². The molecule has 0 radical (unpaired) electrons. The van der Waals surface area contributed by atoms with E-state index in [2.05, 4.69) is 5.32 Å². The molecule has 0 unspecified atom stereocenters. The molecule has 5 nitrogen and oxygen atoms in total. The normalized spacial score (nSPS) is 11.4. The van der Waals surface area contributed by atoms with E-state index in [1.54, 1.807) is 0 Å². The molecule has 0 aromatic rings. The molecule has 0 aliphatic heterocycles. The van der Waals surface area contributed by atoms with E-state index < -0.39 is 5.41 Å². The highest BCUT2D eigenvalue weighted by molar-refractivity contribution is 6.05. The maximum atomic E-state index is 12.3. The van der Waals surface area contributed by atoms with Gasteiger partial charge in [0.2, 0.25) is 5.91 Å². The van der Waals surface area contributed by atoms with E-state index in [1.807, 2.05) is 20.8 Å². The van der Waals surface area contributed by atoms with E-state index >= 15 is 0 Å². The number of carbonyl (C=O) groups excluding carboxylic acids is 2. The minimum atomic E-state index is -1.22. The van der Waals surface area contributed by atoms with Crippen molar-refractivity contribution in [2.75, 3.05) is 33.0 Å². The molecule has 0 aromatic carbocycles. The van der Waals surface area contributed by atoms with E-state index in [4.69, 9.17) is 9.47 Å². The lowest BCUT2D eigenvalue weighted by molar-refractivity contribution is -0.150. The van der Waals surface area contributed by atoms with Gasteiger partial charge < -0.3 is 14.8 Å².